The normalized spacial score (nSPS) is 14.0. The Balaban J connectivity index is 1.73. The fraction of sp³-hybridized carbons (Fsp3) is 0.240. The molecule has 0 bridgehead atoms. The molecule has 1 heterocycles. The van der Waals surface area contributed by atoms with E-state index in [2.05, 4.69) is 74.5 Å². The largest absolute Gasteiger partial charge is 0.280 e. The van der Waals surface area contributed by atoms with Crippen molar-refractivity contribution in [1.29, 1.82) is 0 Å². The molecule has 1 atom stereocenters. The van der Waals surface area contributed by atoms with Crippen LogP contribution in [0.3, 0.4) is 0 Å². The van der Waals surface area contributed by atoms with Crippen molar-refractivity contribution in [3.63, 3.8) is 0 Å². The zero-order chi connectivity index (χ0) is 19.5. The number of fused-ring (bicyclic) bond motifs is 2. The predicted octanol–water partition coefficient (Wildman–Crippen LogP) is 6.33. The lowest BCUT2D eigenvalue weighted by atomic mass is 10.0. The van der Waals surface area contributed by atoms with Crippen molar-refractivity contribution in [1.82, 2.24) is 0 Å². The maximum Gasteiger partial charge on any atom is 0.245 e. The minimum absolute atomic E-state index is 0.123. The quantitative estimate of drug-likeness (QED) is 0.488. The molecule has 0 radical (unpaired) electrons. The van der Waals surface area contributed by atoms with Gasteiger partial charge >= 0.3 is 0 Å². The fourth-order valence-corrected chi connectivity index (χ4v) is 4.75. The molecule has 0 aliphatic carbocycles. The van der Waals surface area contributed by atoms with Crippen LogP contribution in [0.4, 0.5) is 11.4 Å². The Bertz CT molecular complexity index is 932. The molecule has 3 aromatic rings. The van der Waals surface area contributed by atoms with Gasteiger partial charge in [0.1, 0.15) is 0 Å². The molecular weight excluding hydrogens is 362 g/mol. The van der Waals surface area contributed by atoms with E-state index in [4.69, 9.17) is 0 Å². The van der Waals surface area contributed by atoms with Crippen LogP contribution in [-0.4, -0.2) is 11.2 Å². The van der Waals surface area contributed by atoms with Crippen LogP contribution in [0.5, 0.6) is 0 Å². The summed E-state index contributed by atoms with van der Waals surface area (Å²) in [4.78, 5) is 16.9. The molecule has 0 N–H and O–H groups in total. The monoisotopic (exact) mass is 387 g/mol. The van der Waals surface area contributed by atoms with Gasteiger partial charge in [-0.05, 0) is 61.6 Å². The second-order valence-corrected chi connectivity index (χ2v) is 8.54. The van der Waals surface area contributed by atoms with Gasteiger partial charge in [-0.2, -0.15) is 0 Å². The standard InChI is InChI=1S/C25H25NOS/c1-3-24(28-21-16-12-18(2)13-17-21)25(27)26-22-10-6-4-8-19(22)14-15-20-9-5-7-11-23(20)26/h4-13,16-17,24H,3,14-15H2,1-2H3. The minimum Gasteiger partial charge on any atom is -0.280 e. The average Bonchev–Trinajstić information content (AvgIpc) is 2.90. The number of benzene rings is 3. The van der Waals surface area contributed by atoms with Gasteiger partial charge in [0.15, 0.2) is 0 Å². The van der Waals surface area contributed by atoms with Crippen molar-refractivity contribution in [2.75, 3.05) is 4.90 Å². The van der Waals surface area contributed by atoms with E-state index in [-0.39, 0.29) is 11.2 Å². The third kappa shape index (κ3) is 3.72. The summed E-state index contributed by atoms with van der Waals surface area (Å²) in [5, 5.41) is -0.123. The van der Waals surface area contributed by atoms with Gasteiger partial charge in [0.05, 0.1) is 16.6 Å². The zero-order valence-electron chi connectivity index (χ0n) is 16.4. The van der Waals surface area contributed by atoms with Gasteiger partial charge in [0.2, 0.25) is 5.91 Å². The highest BCUT2D eigenvalue weighted by atomic mass is 32.2. The Labute approximate surface area is 171 Å². The molecule has 0 saturated heterocycles. The molecule has 1 amide bonds. The fourth-order valence-electron chi connectivity index (χ4n) is 3.75. The summed E-state index contributed by atoms with van der Waals surface area (Å²) in [7, 11) is 0. The Morgan fingerprint density at radius 1 is 0.893 bits per heavy atom. The number of rotatable bonds is 4. The number of aryl methyl sites for hydroxylation is 3. The Hall–Kier alpha value is -2.52. The lowest BCUT2D eigenvalue weighted by Crippen LogP contribution is -2.34. The third-order valence-corrected chi connectivity index (χ3v) is 6.66. The molecule has 3 heteroatoms. The molecule has 0 spiro atoms. The van der Waals surface area contributed by atoms with E-state index in [0.717, 1.165) is 35.5 Å². The molecule has 1 aliphatic heterocycles. The summed E-state index contributed by atoms with van der Waals surface area (Å²) < 4.78 is 0. The van der Waals surface area contributed by atoms with Gasteiger partial charge in [-0.1, -0.05) is 61.0 Å². The zero-order valence-corrected chi connectivity index (χ0v) is 17.2. The van der Waals surface area contributed by atoms with Crippen molar-refractivity contribution in [2.45, 2.75) is 43.3 Å². The van der Waals surface area contributed by atoms with Crippen LogP contribution in [0.1, 0.15) is 30.0 Å². The molecule has 1 unspecified atom stereocenters. The molecule has 142 valence electrons. The minimum atomic E-state index is -0.123. The van der Waals surface area contributed by atoms with E-state index in [1.807, 2.05) is 17.0 Å². The van der Waals surface area contributed by atoms with Crippen molar-refractivity contribution in [3.05, 3.63) is 89.5 Å². The number of nitrogens with zero attached hydrogens (tertiary/aromatic N) is 1. The van der Waals surface area contributed by atoms with Crippen LogP contribution in [0.2, 0.25) is 0 Å². The predicted molar refractivity (Wildman–Crippen MR) is 119 cm³/mol. The molecule has 4 rings (SSSR count). The van der Waals surface area contributed by atoms with Crippen molar-refractivity contribution in [2.24, 2.45) is 0 Å². The molecule has 3 aromatic carbocycles. The van der Waals surface area contributed by atoms with Gasteiger partial charge in [0, 0.05) is 4.90 Å². The van der Waals surface area contributed by atoms with E-state index >= 15 is 0 Å². The van der Waals surface area contributed by atoms with Gasteiger partial charge < -0.3 is 0 Å². The average molecular weight is 388 g/mol. The van der Waals surface area contributed by atoms with Gasteiger partial charge in [-0.3, -0.25) is 9.69 Å². The van der Waals surface area contributed by atoms with Crippen molar-refractivity contribution >= 4 is 29.0 Å². The topological polar surface area (TPSA) is 20.3 Å². The Morgan fingerprint density at radius 3 is 1.96 bits per heavy atom. The van der Waals surface area contributed by atoms with Crippen LogP contribution < -0.4 is 4.90 Å². The summed E-state index contributed by atoms with van der Waals surface area (Å²) in [5.41, 5.74) is 5.77. The number of anilines is 2. The van der Waals surface area contributed by atoms with Crippen LogP contribution >= 0.6 is 11.8 Å². The van der Waals surface area contributed by atoms with E-state index in [1.54, 1.807) is 11.8 Å². The summed E-state index contributed by atoms with van der Waals surface area (Å²) in [6, 6.07) is 25.1. The first kappa shape index (κ1) is 18.8. The molecule has 0 fully saturated rings. The van der Waals surface area contributed by atoms with Crippen LogP contribution in [0, 0.1) is 6.92 Å². The smallest absolute Gasteiger partial charge is 0.245 e. The lowest BCUT2D eigenvalue weighted by Gasteiger charge is -2.28. The summed E-state index contributed by atoms with van der Waals surface area (Å²) in [5.74, 6) is 0.162. The van der Waals surface area contributed by atoms with Gasteiger partial charge in [-0.15, -0.1) is 11.8 Å². The maximum atomic E-state index is 13.8. The van der Waals surface area contributed by atoms with Crippen molar-refractivity contribution in [3.8, 4) is 0 Å². The highest BCUT2D eigenvalue weighted by Crippen LogP contribution is 2.38. The Kier molecular flexibility index (Phi) is 5.54. The number of hydrogen-bond donors (Lipinski definition) is 0. The molecule has 0 saturated carbocycles. The Morgan fingerprint density at radius 2 is 1.43 bits per heavy atom. The summed E-state index contributed by atoms with van der Waals surface area (Å²) in [6.07, 6.45) is 2.70. The second-order valence-electron chi connectivity index (χ2n) is 7.26. The number of thioether (sulfide) groups is 1. The first-order valence-electron chi connectivity index (χ1n) is 9.90. The first-order valence-corrected chi connectivity index (χ1v) is 10.8. The number of para-hydroxylation sites is 2. The highest BCUT2D eigenvalue weighted by Gasteiger charge is 2.30. The van der Waals surface area contributed by atoms with Gasteiger partial charge in [-0.25, -0.2) is 0 Å². The van der Waals surface area contributed by atoms with E-state index < -0.39 is 0 Å². The van der Waals surface area contributed by atoms with E-state index in [9.17, 15) is 4.79 Å². The number of carbonyl (C=O) groups excluding carboxylic acids is 1. The van der Waals surface area contributed by atoms with Crippen LogP contribution in [0.15, 0.2) is 77.7 Å². The van der Waals surface area contributed by atoms with Crippen LogP contribution in [0.25, 0.3) is 0 Å². The highest BCUT2D eigenvalue weighted by molar-refractivity contribution is 8.00. The number of carbonyl (C=O) groups is 1. The van der Waals surface area contributed by atoms with Gasteiger partial charge in [0.25, 0.3) is 0 Å². The van der Waals surface area contributed by atoms with E-state index in [1.165, 1.54) is 16.7 Å². The molecule has 1 aliphatic rings. The summed E-state index contributed by atoms with van der Waals surface area (Å²) in [6.45, 7) is 4.18. The lowest BCUT2D eigenvalue weighted by molar-refractivity contribution is -0.117. The SMILES string of the molecule is CCC(Sc1ccc(C)cc1)C(=O)N1c2ccccc2CCc2ccccc21. The number of amides is 1. The third-order valence-electron chi connectivity index (χ3n) is 5.29. The maximum absolute atomic E-state index is 13.8. The van der Waals surface area contributed by atoms with Crippen molar-refractivity contribution < 1.29 is 4.79 Å². The molecular formula is C25H25NOS. The molecule has 0 aromatic heterocycles. The van der Waals surface area contributed by atoms with E-state index in [0.29, 0.717) is 0 Å². The molecule has 28 heavy (non-hydrogen) atoms. The number of hydrogen-bond acceptors (Lipinski definition) is 2. The molecule has 2 nitrogen and oxygen atoms in total. The summed E-state index contributed by atoms with van der Waals surface area (Å²) >= 11 is 1.66. The second kappa shape index (κ2) is 8.24. The first-order chi connectivity index (χ1) is 13.7. The van der Waals surface area contributed by atoms with Crippen LogP contribution in [-0.2, 0) is 17.6 Å².